The first-order valence-electron chi connectivity index (χ1n) is 6.06. The minimum atomic E-state index is 0.383. The van der Waals surface area contributed by atoms with Gasteiger partial charge in [0.25, 0.3) is 0 Å². The topological polar surface area (TPSA) is 35.5 Å². The first-order valence-corrected chi connectivity index (χ1v) is 6.06. The Morgan fingerprint density at radius 1 is 1.12 bits per heavy atom. The number of benzene rings is 1. The Hall–Kier alpha value is -1.06. The maximum Gasteiger partial charge on any atom is 0.120 e. The second-order valence-electron chi connectivity index (χ2n) is 4.39. The minimum absolute atomic E-state index is 0.383. The molecule has 3 heteroatoms. The molecule has 0 unspecified atom stereocenters. The molecule has 1 aromatic carbocycles. The van der Waals surface area contributed by atoms with Crippen LogP contribution in [0, 0.1) is 0 Å². The number of rotatable bonds is 4. The molecule has 0 amide bonds. The maximum atomic E-state index is 9.59. The van der Waals surface area contributed by atoms with Gasteiger partial charge in [0.15, 0.2) is 0 Å². The number of aromatic hydroxyl groups is 1. The summed E-state index contributed by atoms with van der Waals surface area (Å²) in [6.07, 6.45) is 4.01. The van der Waals surface area contributed by atoms with E-state index in [-0.39, 0.29) is 0 Å². The predicted octanol–water partition coefficient (Wildman–Crippen LogP) is 1.93. The van der Waals surface area contributed by atoms with Crippen molar-refractivity contribution in [3.8, 4) is 5.75 Å². The molecule has 0 bridgehead atoms. The van der Waals surface area contributed by atoms with Crippen LogP contribution in [0.2, 0.25) is 0 Å². The summed E-state index contributed by atoms with van der Waals surface area (Å²) < 4.78 is 0. The highest BCUT2D eigenvalue weighted by molar-refractivity contribution is 5.31. The summed E-state index contributed by atoms with van der Waals surface area (Å²) in [6, 6.07) is 7.50. The molecule has 0 saturated carbocycles. The van der Waals surface area contributed by atoms with Gasteiger partial charge in [-0.1, -0.05) is 24.6 Å². The van der Waals surface area contributed by atoms with Crippen molar-refractivity contribution in [3.05, 3.63) is 29.8 Å². The van der Waals surface area contributed by atoms with Gasteiger partial charge >= 0.3 is 0 Å². The monoisotopic (exact) mass is 220 g/mol. The molecule has 1 aromatic rings. The van der Waals surface area contributed by atoms with Crippen LogP contribution in [0.1, 0.15) is 24.8 Å². The molecule has 16 heavy (non-hydrogen) atoms. The van der Waals surface area contributed by atoms with E-state index in [1.165, 1.54) is 32.4 Å². The third-order valence-electron chi connectivity index (χ3n) is 3.09. The van der Waals surface area contributed by atoms with Gasteiger partial charge in [0.05, 0.1) is 0 Å². The predicted molar refractivity (Wildman–Crippen MR) is 65.2 cm³/mol. The van der Waals surface area contributed by atoms with Gasteiger partial charge in [0.2, 0.25) is 0 Å². The third kappa shape index (κ3) is 3.22. The second-order valence-corrected chi connectivity index (χ2v) is 4.39. The van der Waals surface area contributed by atoms with Crippen molar-refractivity contribution in [3.63, 3.8) is 0 Å². The molecule has 0 aliphatic carbocycles. The molecule has 1 saturated heterocycles. The number of phenols is 1. The minimum Gasteiger partial charge on any atom is -0.508 e. The van der Waals surface area contributed by atoms with Crippen molar-refractivity contribution in [1.29, 1.82) is 0 Å². The molecule has 88 valence electrons. The first kappa shape index (κ1) is 11.4. The number of para-hydroxylation sites is 1. The largest absolute Gasteiger partial charge is 0.508 e. The fourth-order valence-corrected chi connectivity index (χ4v) is 2.13. The van der Waals surface area contributed by atoms with Crippen molar-refractivity contribution in [1.82, 2.24) is 10.2 Å². The highest BCUT2D eigenvalue weighted by atomic mass is 16.3. The number of phenolic OH excluding ortho intramolecular Hbond substituents is 1. The summed E-state index contributed by atoms with van der Waals surface area (Å²) in [5.74, 6) is 0.383. The Morgan fingerprint density at radius 3 is 2.62 bits per heavy atom. The zero-order valence-corrected chi connectivity index (χ0v) is 9.65. The van der Waals surface area contributed by atoms with Crippen LogP contribution in [0.25, 0.3) is 0 Å². The van der Waals surface area contributed by atoms with Crippen molar-refractivity contribution in [2.24, 2.45) is 0 Å². The molecule has 1 aliphatic rings. The number of hydrogen-bond donors (Lipinski definition) is 2. The Labute approximate surface area is 97.1 Å². The Balaban J connectivity index is 1.73. The molecular weight excluding hydrogens is 200 g/mol. The second kappa shape index (κ2) is 5.87. The van der Waals surface area contributed by atoms with Crippen LogP contribution >= 0.6 is 0 Å². The molecule has 1 heterocycles. The average Bonchev–Trinajstić information content (AvgIpc) is 2.33. The molecular formula is C13H20N2O. The fourth-order valence-electron chi connectivity index (χ4n) is 2.13. The molecule has 0 spiro atoms. The van der Waals surface area contributed by atoms with E-state index in [0.717, 1.165) is 18.8 Å². The Bertz CT molecular complexity index is 321. The molecule has 0 radical (unpaired) electrons. The Kier molecular flexibility index (Phi) is 4.19. The van der Waals surface area contributed by atoms with E-state index in [1.807, 2.05) is 18.2 Å². The van der Waals surface area contributed by atoms with Crippen molar-refractivity contribution >= 4 is 0 Å². The van der Waals surface area contributed by atoms with Gasteiger partial charge in [-0.15, -0.1) is 0 Å². The van der Waals surface area contributed by atoms with Crippen LogP contribution in [-0.2, 0) is 6.54 Å². The summed E-state index contributed by atoms with van der Waals surface area (Å²) in [6.45, 7) is 4.07. The number of nitrogens with zero attached hydrogens (tertiary/aromatic N) is 1. The van der Waals surface area contributed by atoms with Crippen LogP contribution < -0.4 is 5.32 Å². The van der Waals surface area contributed by atoms with Crippen LogP contribution in [0.15, 0.2) is 24.3 Å². The number of nitrogens with one attached hydrogen (secondary N) is 1. The normalized spacial score (nSPS) is 17.5. The number of hydrogen-bond acceptors (Lipinski definition) is 3. The van der Waals surface area contributed by atoms with Gasteiger partial charge in [0, 0.05) is 18.8 Å². The molecule has 2 N–H and O–H groups in total. The Morgan fingerprint density at radius 2 is 1.88 bits per heavy atom. The lowest BCUT2D eigenvalue weighted by molar-refractivity contribution is 0.211. The van der Waals surface area contributed by atoms with Crippen LogP contribution in [0.4, 0.5) is 0 Å². The lowest BCUT2D eigenvalue weighted by atomic mass is 10.1. The summed E-state index contributed by atoms with van der Waals surface area (Å²) in [7, 11) is 0. The molecule has 3 nitrogen and oxygen atoms in total. The zero-order chi connectivity index (χ0) is 11.2. The van der Waals surface area contributed by atoms with E-state index in [9.17, 15) is 5.11 Å². The van der Waals surface area contributed by atoms with Crippen molar-refractivity contribution in [2.75, 3.05) is 19.8 Å². The van der Waals surface area contributed by atoms with Crippen LogP contribution in [0.3, 0.4) is 0 Å². The zero-order valence-electron chi connectivity index (χ0n) is 9.65. The van der Waals surface area contributed by atoms with Gasteiger partial charge < -0.3 is 10.4 Å². The lowest BCUT2D eigenvalue weighted by Gasteiger charge is -2.26. The smallest absolute Gasteiger partial charge is 0.120 e. The molecule has 1 fully saturated rings. The van der Waals surface area contributed by atoms with Gasteiger partial charge in [-0.3, -0.25) is 4.90 Å². The van der Waals surface area contributed by atoms with Gasteiger partial charge in [-0.25, -0.2) is 0 Å². The van der Waals surface area contributed by atoms with Gasteiger partial charge in [0.1, 0.15) is 5.75 Å². The highest BCUT2D eigenvalue weighted by Gasteiger charge is 2.09. The van der Waals surface area contributed by atoms with E-state index < -0.39 is 0 Å². The highest BCUT2D eigenvalue weighted by Crippen LogP contribution is 2.15. The van der Waals surface area contributed by atoms with Crippen LogP contribution in [0.5, 0.6) is 5.75 Å². The molecule has 0 aromatic heterocycles. The summed E-state index contributed by atoms with van der Waals surface area (Å²) in [4.78, 5) is 2.43. The first-order chi connectivity index (χ1) is 7.86. The van der Waals surface area contributed by atoms with Gasteiger partial charge in [-0.2, -0.15) is 0 Å². The fraction of sp³-hybridized carbons (Fsp3) is 0.538. The quantitative estimate of drug-likeness (QED) is 0.814. The van der Waals surface area contributed by atoms with Crippen molar-refractivity contribution in [2.45, 2.75) is 25.8 Å². The number of piperidine rings is 1. The summed E-state index contributed by atoms with van der Waals surface area (Å²) in [5, 5.41) is 13.0. The van der Waals surface area contributed by atoms with E-state index >= 15 is 0 Å². The lowest BCUT2D eigenvalue weighted by Crippen LogP contribution is -2.37. The van der Waals surface area contributed by atoms with Crippen molar-refractivity contribution < 1.29 is 5.11 Å². The van der Waals surface area contributed by atoms with Crippen LogP contribution in [-0.4, -0.2) is 29.8 Å². The SMILES string of the molecule is Oc1ccccc1CNCN1CCCCC1. The summed E-state index contributed by atoms with van der Waals surface area (Å²) >= 11 is 0. The molecule has 1 aliphatic heterocycles. The number of likely N-dealkylation sites (tertiary alicyclic amines) is 1. The van der Waals surface area contributed by atoms with E-state index in [2.05, 4.69) is 10.2 Å². The van der Waals surface area contributed by atoms with E-state index in [4.69, 9.17) is 0 Å². The van der Waals surface area contributed by atoms with E-state index in [0.29, 0.717) is 5.75 Å². The molecule has 2 rings (SSSR count). The maximum absolute atomic E-state index is 9.59. The van der Waals surface area contributed by atoms with Gasteiger partial charge in [-0.05, 0) is 32.0 Å². The standard InChI is InChI=1S/C13H20N2O/c16-13-7-3-2-6-12(13)10-14-11-15-8-4-1-5-9-15/h2-3,6-7,14,16H,1,4-5,8-11H2. The van der Waals surface area contributed by atoms with E-state index in [1.54, 1.807) is 6.07 Å². The summed E-state index contributed by atoms with van der Waals surface area (Å²) in [5.41, 5.74) is 0.972. The third-order valence-corrected chi connectivity index (χ3v) is 3.09. The molecule has 0 atom stereocenters. The average molecular weight is 220 g/mol.